The molecule has 0 saturated heterocycles. The van der Waals surface area contributed by atoms with Crippen LogP contribution in [-0.4, -0.2) is 22.9 Å². The third-order valence-corrected chi connectivity index (χ3v) is 3.70. The number of carbonyl (C=O) groups excluding carboxylic acids is 2. The number of ether oxygens (including phenoxy) is 1. The van der Waals surface area contributed by atoms with Crippen LogP contribution in [0.3, 0.4) is 0 Å². The van der Waals surface area contributed by atoms with Crippen molar-refractivity contribution in [2.75, 3.05) is 6.61 Å². The molecule has 1 N–H and O–H groups in total. The zero-order chi connectivity index (χ0) is 16.9. The lowest BCUT2D eigenvalue weighted by molar-refractivity contribution is 0.0518. The minimum Gasteiger partial charge on any atom is -0.461 e. The van der Waals surface area contributed by atoms with E-state index >= 15 is 0 Å². The SMILES string of the molecule is CCOC(=O)c1cc(C(=O)NCc2ccccc2)c2ccccn12. The number of esters is 1. The molecule has 0 aliphatic heterocycles. The van der Waals surface area contributed by atoms with E-state index in [2.05, 4.69) is 5.32 Å². The Balaban J connectivity index is 1.88. The molecule has 2 aromatic heterocycles. The fourth-order valence-electron chi connectivity index (χ4n) is 2.57. The van der Waals surface area contributed by atoms with Crippen LogP contribution in [0.25, 0.3) is 5.52 Å². The average Bonchev–Trinajstić information content (AvgIpc) is 3.01. The van der Waals surface area contributed by atoms with Crippen molar-refractivity contribution < 1.29 is 14.3 Å². The van der Waals surface area contributed by atoms with E-state index in [9.17, 15) is 9.59 Å². The minimum atomic E-state index is -0.444. The number of benzene rings is 1. The van der Waals surface area contributed by atoms with Gasteiger partial charge >= 0.3 is 5.97 Å². The zero-order valence-electron chi connectivity index (χ0n) is 13.4. The van der Waals surface area contributed by atoms with Gasteiger partial charge in [0, 0.05) is 12.7 Å². The first kappa shape index (κ1) is 15.8. The van der Waals surface area contributed by atoms with Crippen molar-refractivity contribution in [3.63, 3.8) is 0 Å². The molecule has 3 rings (SSSR count). The standard InChI is InChI=1S/C19H18N2O3/c1-2-24-19(23)17-12-15(16-10-6-7-11-21(16)17)18(22)20-13-14-8-4-3-5-9-14/h3-12H,2,13H2,1H3,(H,20,22). The summed E-state index contributed by atoms with van der Waals surface area (Å²) in [4.78, 5) is 24.6. The number of hydrogen-bond donors (Lipinski definition) is 1. The van der Waals surface area contributed by atoms with Crippen molar-refractivity contribution in [3.8, 4) is 0 Å². The third kappa shape index (κ3) is 3.15. The summed E-state index contributed by atoms with van der Waals surface area (Å²) in [5, 5.41) is 2.89. The molecule has 0 bridgehead atoms. The van der Waals surface area contributed by atoms with Gasteiger partial charge in [0.05, 0.1) is 17.7 Å². The summed E-state index contributed by atoms with van der Waals surface area (Å²) in [6.45, 7) is 2.47. The summed E-state index contributed by atoms with van der Waals surface area (Å²) in [5.41, 5.74) is 2.48. The van der Waals surface area contributed by atoms with E-state index < -0.39 is 5.97 Å². The van der Waals surface area contributed by atoms with Gasteiger partial charge in [-0.2, -0.15) is 0 Å². The topological polar surface area (TPSA) is 59.8 Å². The molecule has 0 aliphatic carbocycles. The van der Waals surface area contributed by atoms with Gasteiger partial charge in [-0.3, -0.25) is 4.79 Å². The van der Waals surface area contributed by atoms with Crippen LogP contribution in [-0.2, 0) is 11.3 Å². The lowest BCUT2D eigenvalue weighted by Gasteiger charge is -2.04. The fraction of sp³-hybridized carbons (Fsp3) is 0.158. The molecular weight excluding hydrogens is 304 g/mol. The second-order valence-corrected chi connectivity index (χ2v) is 5.29. The van der Waals surface area contributed by atoms with Crippen LogP contribution in [0.4, 0.5) is 0 Å². The Morgan fingerprint density at radius 1 is 1.08 bits per heavy atom. The molecule has 0 saturated carbocycles. The molecule has 5 nitrogen and oxygen atoms in total. The Morgan fingerprint density at radius 2 is 1.83 bits per heavy atom. The molecule has 1 amide bonds. The number of hydrogen-bond acceptors (Lipinski definition) is 3. The predicted octanol–water partition coefficient (Wildman–Crippen LogP) is 3.05. The molecule has 2 heterocycles. The van der Waals surface area contributed by atoms with Gasteiger partial charge in [-0.05, 0) is 30.7 Å². The first-order chi connectivity index (χ1) is 11.7. The van der Waals surface area contributed by atoms with Crippen molar-refractivity contribution in [3.05, 3.63) is 77.6 Å². The van der Waals surface area contributed by atoms with Crippen LogP contribution in [0.5, 0.6) is 0 Å². The summed E-state index contributed by atoms with van der Waals surface area (Å²) in [5.74, 6) is -0.668. The molecule has 0 unspecified atom stereocenters. The van der Waals surface area contributed by atoms with E-state index in [1.807, 2.05) is 36.4 Å². The van der Waals surface area contributed by atoms with Crippen LogP contribution >= 0.6 is 0 Å². The van der Waals surface area contributed by atoms with E-state index in [0.29, 0.717) is 23.3 Å². The maximum absolute atomic E-state index is 12.5. The second-order valence-electron chi connectivity index (χ2n) is 5.29. The Bertz CT molecular complexity index is 869. The molecular formula is C19H18N2O3. The van der Waals surface area contributed by atoms with Crippen LogP contribution in [0.1, 0.15) is 33.3 Å². The maximum atomic E-state index is 12.5. The van der Waals surface area contributed by atoms with Gasteiger partial charge in [0.1, 0.15) is 5.69 Å². The molecule has 0 fully saturated rings. The van der Waals surface area contributed by atoms with Gasteiger partial charge in [0.2, 0.25) is 0 Å². The summed E-state index contributed by atoms with van der Waals surface area (Å²) in [7, 11) is 0. The first-order valence-corrected chi connectivity index (χ1v) is 7.80. The highest BCUT2D eigenvalue weighted by Gasteiger charge is 2.19. The predicted molar refractivity (Wildman–Crippen MR) is 91.0 cm³/mol. The van der Waals surface area contributed by atoms with Crippen LogP contribution in [0.15, 0.2) is 60.8 Å². The monoisotopic (exact) mass is 322 g/mol. The Morgan fingerprint density at radius 3 is 2.58 bits per heavy atom. The Hall–Kier alpha value is -3.08. The highest BCUT2D eigenvalue weighted by atomic mass is 16.5. The zero-order valence-corrected chi connectivity index (χ0v) is 13.4. The highest BCUT2D eigenvalue weighted by Crippen LogP contribution is 2.18. The Kier molecular flexibility index (Phi) is 4.61. The summed E-state index contributed by atoms with van der Waals surface area (Å²) in [6.07, 6.45) is 1.75. The third-order valence-electron chi connectivity index (χ3n) is 3.70. The van der Waals surface area contributed by atoms with Gasteiger partial charge in [0.15, 0.2) is 0 Å². The van der Waals surface area contributed by atoms with Crippen LogP contribution in [0.2, 0.25) is 0 Å². The van der Waals surface area contributed by atoms with Gasteiger partial charge in [-0.1, -0.05) is 36.4 Å². The van der Waals surface area contributed by atoms with Gasteiger partial charge < -0.3 is 14.5 Å². The molecule has 0 radical (unpaired) electrons. The van der Waals surface area contributed by atoms with Crippen LogP contribution < -0.4 is 5.32 Å². The number of amides is 1. The summed E-state index contributed by atoms with van der Waals surface area (Å²) < 4.78 is 6.74. The lowest BCUT2D eigenvalue weighted by atomic mass is 10.2. The molecule has 0 atom stereocenters. The molecule has 0 spiro atoms. The number of fused-ring (bicyclic) bond motifs is 1. The number of rotatable bonds is 5. The van der Waals surface area contributed by atoms with E-state index in [1.54, 1.807) is 35.7 Å². The largest absolute Gasteiger partial charge is 0.461 e. The second kappa shape index (κ2) is 7.00. The molecule has 1 aromatic carbocycles. The molecule has 3 aromatic rings. The smallest absolute Gasteiger partial charge is 0.355 e. The van der Waals surface area contributed by atoms with Crippen molar-refractivity contribution in [2.45, 2.75) is 13.5 Å². The molecule has 0 aliphatic rings. The average molecular weight is 322 g/mol. The Labute approximate surface area is 139 Å². The number of nitrogens with one attached hydrogen (secondary N) is 1. The fourth-order valence-corrected chi connectivity index (χ4v) is 2.57. The van der Waals surface area contributed by atoms with Gasteiger partial charge in [-0.15, -0.1) is 0 Å². The number of aromatic nitrogens is 1. The molecule has 122 valence electrons. The van der Waals surface area contributed by atoms with E-state index in [0.717, 1.165) is 5.56 Å². The van der Waals surface area contributed by atoms with Gasteiger partial charge in [-0.25, -0.2) is 4.79 Å². The first-order valence-electron chi connectivity index (χ1n) is 7.80. The summed E-state index contributed by atoms with van der Waals surface area (Å²) >= 11 is 0. The minimum absolute atomic E-state index is 0.224. The molecule has 24 heavy (non-hydrogen) atoms. The van der Waals surface area contributed by atoms with E-state index in [-0.39, 0.29) is 12.5 Å². The van der Waals surface area contributed by atoms with Gasteiger partial charge in [0.25, 0.3) is 5.91 Å². The number of carbonyl (C=O) groups is 2. The number of nitrogens with zero attached hydrogens (tertiary/aromatic N) is 1. The lowest BCUT2D eigenvalue weighted by Crippen LogP contribution is -2.22. The highest BCUT2D eigenvalue weighted by molar-refractivity contribution is 6.04. The van der Waals surface area contributed by atoms with Crippen molar-refractivity contribution in [2.24, 2.45) is 0 Å². The van der Waals surface area contributed by atoms with E-state index in [1.165, 1.54) is 0 Å². The van der Waals surface area contributed by atoms with E-state index in [4.69, 9.17) is 4.74 Å². The van der Waals surface area contributed by atoms with Crippen molar-refractivity contribution in [1.82, 2.24) is 9.72 Å². The maximum Gasteiger partial charge on any atom is 0.355 e. The quantitative estimate of drug-likeness (QED) is 0.735. The van der Waals surface area contributed by atoms with Crippen LogP contribution in [0, 0.1) is 0 Å². The normalized spacial score (nSPS) is 10.5. The van der Waals surface area contributed by atoms with Crippen molar-refractivity contribution in [1.29, 1.82) is 0 Å². The summed E-state index contributed by atoms with van der Waals surface area (Å²) in [6, 6.07) is 16.7. The molecule has 5 heteroatoms. The van der Waals surface area contributed by atoms with Crippen molar-refractivity contribution >= 4 is 17.4 Å². The number of pyridine rings is 1.